The van der Waals surface area contributed by atoms with Gasteiger partial charge in [0.15, 0.2) is 0 Å². The Morgan fingerprint density at radius 2 is 1.10 bits per heavy atom. The summed E-state index contributed by atoms with van der Waals surface area (Å²) in [7, 11) is 5.76. The quantitative estimate of drug-likeness (QED) is 0.0688. The monoisotopic (exact) mass is 820 g/mol. The first-order valence-corrected chi connectivity index (χ1v) is 18.5. The number of benzene rings is 5. The summed E-state index contributed by atoms with van der Waals surface area (Å²) >= 11 is 0. The van der Waals surface area contributed by atoms with Crippen molar-refractivity contribution in [2.45, 2.75) is 13.1 Å². The zero-order chi connectivity index (χ0) is 43.0. The molecule has 5 aromatic carbocycles. The molecule has 0 bridgehead atoms. The van der Waals surface area contributed by atoms with Crippen LogP contribution in [0.2, 0.25) is 0 Å². The van der Waals surface area contributed by atoms with Gasteiger partial charge in [0.1, 0.15) is 17.2 Å². The molecule has 0 spiro atoms. The number of hydrogen-bond acceptors (Lipinski definition) is 12. The summed E-state index contributed by atoms with van der Waals surface area (Å²) in [6.45, 7) is 2.68. The first kappa shape index (κ1) is 43.7. The zero-order valence-electron chi connectivity index (χ0n) is 33.5. The Morgan fingerprint density at radius 3 is 1.55 bits per heavy atom. The summed E-state index contributed by atoms with van der Waals surface area (Å²) < 4.78 is 30.8. The van der Waals surface area contributed by atoms with E-state index in [0.717, 1.165) is 16.8 Å². The topological polar surface area (TPSA) is 177 Å². The van der Waals surface area contributed by atoms with Gasteiger partial charge in [-0.3, -0.25) is 19.9 Å². The van der Waals surface area contributed by atoms with E-state index in [-0.39, 0.29) is 30.0 Å². The van der Waals surface area contributed by atoms with Gasteiger partial charge in [0, 0.05) is 43.0 Å². The first-order valence-electron chi connectivity index (χ1n) is 18.5. The minimum absolute atomic E-state index is 0.0893. The van der Waals surface area contributed by atoms with E-state index >= 15 is 0 Å². The van der Waals surface area contributed by atoms with Crippen LogP contribution in [0.3, 0.4) is 0 Å². The Labute approximate surface area is 346 Å². The highest BCUT2D eigenvalue weighted by atomic mass is 16.6. The predicted molar refractivity (Wildman–Crippen MR) is 221 cm³/mol. The lowest BCUT2D eigenvalue weighted by Crippen LogP contribution is -2.48. The summed E-state index contributed by atoms with van der Waals surface area (Å²) in [5.74, 6) is 0.545. The number of hydrogen-bond donors (Lipinski definition) is 0. The molecular formula is C44H44N4O12. The van der Waals surface area contributed by atoms with Gasteiger partial charge < -0.3 is 33.3 Å². The molecule has 0 N–H and O–H groups in total. The van der Waals surface area contributed by atoms with E-state index in [2.05, 4.69) is 0 Å². The van der Waals surface area contributed by atoms with E-state index in [1.807, 2.05) is 36.4 Å². The summed E-state index contributed by atoms with van der Waals surface area (Å²) in [6.07, 6.45) is -0.691. The van der Waals surface area contributed by atoms with Crippen molar-refractivity contribution in [3.63, 3.8) is 0 Å². The average molecular weight is 821 g/mol. The number of urea groups is 1. The number of nitro groups is 1. The van der Waals surface area contributed by atoms with Crippen LogP contribution in [-0.4, -0.2) is 88.6 Å². The number of carbonyl (C=O) groups is 4. The van der Waals surface area contributed by atoms with Crippen molar-refractivity contribution < 1.29 is 52.5 Å². The predicted octanol–water partition coefficient (Wildman–Crippen LogP) is 7.54. The third kappa shape index (κ3) is 11.8. The van der Waals surface area contributed by atoms with E-state index in [1.165, 1.54) is 50.5 Å². The Morgan fingerprint density at radius 1 is 0.633 bits per heavy atom. The molecule has 0 unspecified atom stereocenters. The fourth-order valence-electron chi connectivity index (χ4n) is 5.90. The number of nitrogens with zero attached hydrogens (tertiary/aromatic N) is 4. The van der Waals surface area contributed by atoms with Gasteiger partial charge >= 0.3 is 24.1 Å². The molecule has 1 aliphatic rings. The number of methoxy groups -OCH3 is 4. The van der Waals surface area contributed by atoms with Crippen molar-refractivity contribution in [1.82, 2.24) is 4.90 Å². The highest BCUT2D eigenvalue weighted by Gasteiger charge is 2.25. The van der Waals surface area contributed by atoms with E-state index in [0.29, 0.717) is 61.2 Å². The number of anilines is 2. The van der Waals surface area contributed by atoms with E-state index in [4.69, 9.17) is 28.4 Å². The molecule has 5 aromatic rings. The molecule has 1 fully saturated rings. The Kier molecular flexibility index (Phi) is 15.5. The van der Waals surface area contributed by atoms with Crippen LogP contribution in [0.5, 0.6) is 17.2 Å². The number of carbonyl (C=O) groups excluding carboxylic acids is 4. The lowest BCUT2D eigenvalue weighted by molar-refractivity contribution is -0.384. The van der Waals surface area contributed by atoms with E-state index in [9.17, 15) is 29.3 Å². The number of esters is 2. The van der Waals surface area contributed by atoms with Crippen LogP contribution >= 0.6 is 0 Å². The molecule has 1 saturated heterocycles. The fraction of sp³-hybridized carbons (Fsp3) is 0.227. The number of amides is 3. The molecule has 0 radical (unpaired) electrons. The molecule has 1 heterocycles. The van der Waals surface area contributed by atoms with Crippen molar-refractivity contribution in [2.75, 3.05) is 64.5 Å². The smallest absolute Gasteiger partial charge is 0.420 e. The minimum Gasteiger partial charge on any atom is -0.497 e. The molecule has 0 saturated carbocycles. The highest BCUT2D eigenvalue weighted by Crippen LogP contribution is 2.27. The third-order valence-electron chi connectivity index (χ3n) is 9.15. The fourth-order valence-corrected chi connectivity index (χ4v) is 5.90. The second kappa shape index (κ2) is 21.3. The molecule has 0 aromatic heterocycles. The van der Waals surface area contributed by atoms with Crippen molar-refractivity contribution >= 4 is 41.1 Å². The molecule has 60 heavy (non-hydrogen) atoms. The maximum atomic E-state index is 13.2. The van der Waals surface area contributed by atoms with Gasteiger partial charge in [-0.15, -0.1) is 0 Å². The molecule has 0 aliphatic carbocycles. The van der Waals surface area contributed by atoms with Crippen LogP contribution < -0.4 is 24.0 Å². The Balaban J connectivity index is 0.000000230. The summed E-state index contributed by atoms with van der Waals surface area (Å²) in [5, 5.41) is 10.8. The van der Waals surface area contributed by atoms with Crippen LogP contribution in [0.15, 0.2) is 121 Å². The third-order valence-corrected chi connectivity index (χ3v) is 9.15. The number of rotatable bonds is 12. The summed E-state index contributed by atoms with van der Waals surface area (Å²) in [5.41, 5.74) is 3.65. The Hall–Kier alpha value is -7.46. The molecule has 312 valence electrons. The standard InChI is InChI=1S/C23H20N2O7.C21H24N2O5/c1-30-21-5-3-4-19(14-21)24(15-16-6-8-17(9-7-16)22(26)31-2)23(27)32-20-12-10-18(11-13-20)25(28)29;1-26-19-5-3-4-18(14-19)23(21(25)22-10-12-28-13-11-22)15-16-6-8-17(9-7-16)20(24)27-2/h3-14H,15H2,1-2H3;3-9,14H,10-13,15H2,1-2H3. The van der Waals surface area contributed by atoms with E-state index < -0.39 is 17.0 Å². The summed E-state index contributed by atoms with van der Waals surface area (Å²) in [6, 6.07) is 33.1. The number of ether oxygens (including phenoxy) is 6. The van der Waals surface area contributed by atoms with Crippen LogP contribution in [-0.2, 0) is 27.3 Å². The van der Waals surface area contributed by atoms with Crippen LogP contribution in [0, 0.1) is 10.1 Å². The molecule has 0 atom stereocenters. The maximum absolute atomic E-state index is 13.2. The van der Waals surface area contributed by atoms with Crippen LogP contribution in [0.25, 0.3) is 0 Å². The van der Waals surface area contributed by atoms with Crippen LogP contribution in [0.1, 0.15) is 31.8 Å². The van der Waals surface area contributed by atoms with Crippen LogP contribution in [0.4, 0.5) is 26.7 Å². The molecule has 1 aliphatic heterocycles. The van der Waals surface area contributed by atoms with E-state index in [1.54, 1.807) is 77.6 Å². The second-order valence-electron chi connectivity index (χ2n) is 13.0. The zero-order valence-corrected chi connectivity index (χ0v) is 33.5. The van der Waals surface area contributed by atoms with Gasteiger partial charge in [0.25, 0.3) is 5.69 Å². The van der Waals surface area contributed by atoms with Gasteiger partial charge in [0.2, 0.25) is 0 Å². The first-order chi connectivity index (χ1) is 29.0. The molecule has 3 amide bonds. The van der Waals surface area contributed by atoms with Crippen molar-refractivity contribution in [2.24, 2.45) is 0 Å². The largest absolute Gasteiger partial charge is 0.497 e. The molecule has 6 rings (SSSR count). The maximum Gasteiger partial charge on any atom is 0.420 e. The minimum atomic E-state index is -0.691. The molecule has 16 nitrogen and oxygen atoms in total. The highest BCUT2D eigenvalue weighted by molar-refractivity contribution is 5.93. The number of nitro benzene ring substituents is 1. The van der Waals surface area contributed by atoms with Gasteiger partial charge in [-0.05, 0) is 71.8 Å². The lowest BCUT2D eigenvalue weighted by atomic mass is 10.1. The lowest BCUT2D eigenvalue weighted by Gasteiger charge is -2.33. The molecule has 16 heteroatoms. The average Bonchev–Trinajstić information content (AvgIpc) is 3.30. The van der Waals surface area contributed by atoms with Gasteiger partial charge in [0.05, 0.1) is 76.5 Å². The van der Waals surface area contributed by atoms with Gasteiger partial charge in [-0.1, -0.05) is 36.4 Å². The van der Waals surface area contributed by atoms with Crippen molar-refractivity contribution in [3.05, 3.63) is 154 Å². The van der Waals surface area contributed by atoms with Gasteiger partial charge in [-0.25, -0.2) is 19.2 Å². The summed E-state index contributed by atoms with van der Waals surface area (Å²) in [4.78, 5) is 64.7. The molecular weight excluding hydrogens is 776 g/mol. The SMILES string of the molecule is COC(=O)c1ccc(CN(C(=O)N2CCOCC2)c2cccc(OC)c2)cc1.COC(=O)c1ccc(CN(C(=O)Oc2ccc([N+](=O)[O-])cc2)c2cccc(OC)c2)cc1. The van der Waals surface area contributed by atoms with Gasteiger partial charge in [-0.2, -0.15) is 0 Å². The normalized spacial score (nSPS) is 11.8. The van der Waals surface area contributed by atoms with Crippen molar-refractivity contribution in [3.8, 4) is 17.2 Å². The number of morpholine rings is 1. The second-order valence-corrected chi connectivity index (χ2v) is 13.0. The Bertz CT molecular complexity index is 2240. The number of non-ortho nitro benzene ring substituents is 1. The van der Waals surface area contributed by atoms with Crippen molar-refractivity contribution in [1.29, 1.82) is 0 Å².